The molecule has 0 saturated heterocycles. The minimum atomic E-state index is -0.975. The molecule has 41 heavy (non-hydrogen) atoms. The molecule has 0 spiro atoms. The number of carbonyl (C=O) groups is 1. The van der Waals surface area contributed by atoms with Crippen molar-refractivity contribution in [1.29, 1.82) is 0 Å². The number of rotatable bonds is 3. The van der Waals surface area contributed by atoms with Gasteiger partial charge in [-0.3, -0.25) is 9.69 Å². The molecule has 0 N–H and O–H groups in total. The minimum absolute atomic E-state index is 0.0584. The van der Waals surface area contributed by atoms with Crippen molar-refractivity contribution in [2.45, 2.75) is 45.4 Å². The highest BCUT2D eigenvalue weighted by Gasteiger charge is 2.51. The number of benzene rings is 5. The van der Waals surface area contributed by atoms with Gasteiger partial charge in [0, 0.05) is 33.0 Å². The third kappa shape index (κ3) is 3.30. The second kappa shape index (κ2) is 8.45. The molecule has 0 aromatic heterocycles. The lowest BCUT2D eigenvalue weighted by atomic mass is 9.81. The van der Waals surface area contributed by atoms with E-state index in [-0.39, 0.29) is 17.9 Å². The molecule has 3 heterocycles. The summed E-state index contributed by atoms with van der Waals surface area (Å²) in [5.74, 6) is 3.18. The fraction of sp³-hybridized carbons (Fsp3) is 0.194. The highest BCUT2D eigenvalue weighted by Crippen LogP contribution is 2.57. The molecule has 202 valence electrons. The Morgan fingerprint density at radius 2 is 1.59 bits per heavy atom. The Hall–Kier alpha value is -4.61. The maximum Gasteiger partial charge on any atom is 0.261 e. The molecule has 5 aromatic carbocycles. The minimum Gasteiger partial charge on any atom is -0.457 e. The molecular formula is C36H29NO4. The highest BCUT2D eigenvalue weighted by molar-refractivity contribution is 6.22. The van der Waals surface area contributed by atoms with Crippen molar-refractivity contribution < 1.29 is 19.0 Å². The van der Waals surface area contributed by atoms with Crippen LogP contribution < -0.4 is 14.4 Å². The van der Waals surface area contributed by atoms with Crippen molar-refractivity contribution in [2.24, 2.45) is 0 Å². The molecule has 3 aliphatic heterocycles. The number of amides is 1. The van der Waals surface area contributed by atoms with Crippen LogP contribution in [0.3, 0.4) is 0 Å². The first kappa shape index (κ1) is 24.2. The third-order valence-corrected chi connectivity index (χ3v) is 8.71. The van der Waals surface area contributed by atoms with Gasteiger partial charge < -0.3 is 14.2 Å². The summed E-state index contributed by atoms with van der Waals surface area (Å²) in [7, 11) is 0. The third-order valence-electron chi connectivity index (χ3n) is 8.71. The Bertz CT molecular complexity index is 1900. The van der Waals surface area contributed by atoms with Crippen molar-refractivity contribution in [3.05, 3.63) is 113 Å². The van der Waals surface area contributed by atoms with E-state index in [1.807, 2.05) is 78.6 Å². The Kier molecular flexibility index (Phi) is 4.99. The zero-order chi connectivity index (χ0) is 28.0. The van der Waals surface area contributed by atoms with Crippen LogP contribution in [0.5, 0.6) is 23.0 Å². The predicted molar refractivity (Wildman–Crippen MR) is 160 cm³/mol. The largest absolute Gasteiger partial charge is 0.457 e. The summed E-state index contributed by atoms with van der Waals surface area (Å²) in [4.78, 5) is 16.4. The smallest absolute Gasteiger partial charge is 0.261 e. The number of hydrogen-bond acceptors (Lipinski definition) is 4. The van der Waals surface area contributed by atoms with Gasteiger partial charge in [0.25, 0.3) is 5.91 Å². The number of hydrogen-bond donors (Lipinski definition) is 0. The van der Waals surface area contributed by atoms with E-state index >= 15 is 0 Å². The molecule has 0 aliphatic carbocycles. The van der Waals surface area contributed by atoms with Crippen LogP contribution in [0.25, 0.3) is 21.9 Å². The lowest BCUT2D eigenvalue weighted by Gasteiger charge is -2.51. The summed E-state index contributed by atoms with van der Waals surface area (Å²) >= 11 is 0. The van der Waals surface area contributed by atoms with Crippen molar-refractivity contribution in [2.75, 3.05) is 4.90 Å². The molecular weight excluding hydrogens is 510 g/mol. The fourth-order valence-electron chi connectivity index (χ4n) is 6.86. The van der Waals surface area contributed by atoms with Gasteiger partial charge in [-0.25, -0.2) is 0 Å². The van der Waals surface area contributed by atoms with E-state index in [9.17, 15) is 4.79 Å². The number of fused-ring (bicyclic) bond motifs is 6. The molecule has 0 bridgehead atoms. The van der Waals surface area contributed by atoms with Gasteiger partial charge in [-0.1, -0.05) is 56.3 Å². The molecule has 5 nitrogen and oxygen atoms in total. The second-order valence-corrected chi connectivity index (χ2v) is 11.5. The molecule has 0 radical (unpaired) electrons. The van der Waals surface area contributed by atoms with Crippen LogP contribution in [0.2, 0.25) is 0 Å². The zero-order valence-electron chi connectivity index (χ0n) is 23.4. The van der Waals surface area contributed by atoms with Crippen LogP contribution in [0, 0.1) is 0 Å². The fourth-order valence-corrected chi connectivity index (χ4v) is 6.86. The predicted octanol–water partition coefficient (Wildman–Crippen LogP) is 9.45. The molecule has 1 amide bonds. The van der Waals surface area contributed by atoms with Crippen LogP contribution in [0.1, 0.15) is 66.8 Å². The van der Waals surface area contributed by atoms with Gasteiger partial charge in [0.2, 0.25) is 0 Å². The number of ether oxygens (including phenoxy) is 3. The van der Waals surface area contributed by atoms with Crippen LogP contribution in [0.4, 0.5) is 5.69 Å². The topological polar surface area (TPSA) is 48.0 Å². The SMILES string of the molecule is CC(C)c1cccc2c1N1C(=O)c3ccc4c5c(ccc(c35)C1(C)OC2C)Oc1ccc(Oc2ccccc2)cc1-4. The van der Waals surface area contributed by atoms with Crippen LogP contribution in [-0.4, -0.2) is 5.91 Å². The number of para-hydroxylation sites is 2. The van der Waals surface area contributed by atoms with Crippen molar-refractivity contribution >= 4 is 22.4 Å². The van der Waals surface area contributed by atoms with E-state index in [1.54, 1.807) is 0 Å². The lowest BCUT2D eigenvalue weighted by molar-refractivity contribution is -0.0892. The van der Waals surface area contributed by atoms with Crippen molar-refractivity contribution in [3.8, 4) is 34.1 Å². The molecule has 2 atom stereocenters. The van der Waals surface area contributed by atoms with Gasteiger partial charge in [-0.15, -0.1) is 0 Å². The first-order chi connectivity index (χ1) is 19.8. The van der Waals surface area contributed by atoms with Gasteiger partial charge in [0.05, 0.1) is 11.8 Å². The molecule has 2 unspecified atom stereocenters. The highest BCUT2D eigenvalue weighted by atomic mass is 16.5. The average Bonchev–Trinajstić information content (AvgIpc) is 2.97. The number of anilines is 1. The summed E-state index contributed by atoms with van der Waals surface area (Å²) in [6, 6.07) is 30.0. The summed E-state index contributed by atoms with van der Waals surface area (Å²) < 4.78 is 19.4. The number of carbonyl (C=O) groups excluding carboxylic acids is 1. The van der Waals surface area contributed by atoms with Crippen LogP contribution in [-0.2, 0) is 10.5 Å². The molecule has 8 rings (SSSR count). The molecule has 5 aromatic rings. The van der Waals surface area contributed by atoms with E-state index in [0.29, 0.717) is 5.56 Å². The summed E-state index contributed by atoms with van der Waals surface area (Å²) in [6.45, 7) is 8.44. The van der Waals surface area contributed by atoms with E-state index in [4.69, 9.17) is 14.2 Å². The first-order valence-electron chi connectivity index (χ1n) is 14.2. The molecule has 0 saturated carbocycles. The molecule has 5 heteroatoms. The van der Waals surface area contributed by atoms with Gasteiger partial charge in [-0.2, -0.15) is 0 Å². The van der Waals surface area contributed by atoms with E-state index in [0.717, 1.165) is 67.3 Å². The zero-order valence-corrected chi connectivity index (χ0v) is 23.4. The van der Waals surface area contributed by atoms with E-state index < -0.39 is 5.72 Å². The molecule has 3 aliphatic rings. The monoisotopic (exact) mass is 539 g/mol. The summed E-state index contributed by atoms with van der Waals surface area (Å²) in [6.07, 6.45) is -0.181. The maximum absolute atomic E-state index is 14.5. The van der Waals surface area contributed by atoms with Crippen molar-refractivity contribution in [1.82, 2.24) is 0 Å². The van der Waals surface area contributed by atoms with Crippen LogP contribution >= 0.6 is 0 Å². The van der Waals surface area contributed by atoms with Crippen LogP contribution in [0.15, 0.2) is 91.0 Å². The Balaban J connectivity index is 1.34. The maximum atomic E-state index is 14.5. The average molecular weight is 540 g/mol. The molecule has 0 fully saturated rings. The van der Waals surface area contributed by atoms with Gasteiger partial charge in [-0.05, 0) is 79.4 Å². The van der Waals surface area contributed by atoms with Gasteiger partial charge >= 0.3 is 0 Å². The Morgan fingerprint density at radius 3 is 2.39 bits per heavy atom. The summed E-state index contributed by atoms with van der Waals surface area (Å²) in [5, 5.41) is 1.82. The number of nitrogens with zero attached hydrogens (tertiary/aromatic N) is 1. The second-order valence-electron chi connectivity index (χ2n) is 11.5. The quantitative estimate of drug-likeness (QED) is 0.225. The normalized spacial score (nSPS) is 19.9. The lowest BCUT2D eigenvalue weighted by Crippen LogP contribution is -2.55. The van der Waals surface area contributed by atoms with E-state index in [1.165, 1.54) is 0 Å². The Morgan fingerprint density at radius 1 is 0.805 bits per heavy atom. The first-order valence-corrected chi connectivity index (χ1v) is 14.2. The van der Waals surface area contributed by atoms with E-state index in [2.05, 4.69) is 45.0 Å². The van der Waals surface area contributed by atoms with Crippen molar-refractivity contribution in [3.63, 3.8) is 0 Å². The van der Waals surface area contributed by atoms with Gasteiger partial charge in [0.15, 0.2) is 5.72 Å². The summed E-state index contributed by atoms with van der Waals surface area (Å²) in [5.41, 5.74) is 5.75. The Labute approximate surface area is 238 Å². The standard InChI is InChI=1S/C36H29NO4/c1-20(2)24-11-8-12-25-21(3)41-36(4)29-16-18-31-33-26(14-15-27(32(29)33)35(38)37(36)34(24)25)28-19-23(13-17-30(28)40-31)39-22-9-6-5-7-10-22/h5-21H,1-4H3. The van der Waals surface area contributed by atoms with Gasteiger partial charge in [0.1, 0.15) is 23.0 Å².